The van der Waals surface area contributed by atoms with Crippen LogP contribution in [0.5, 0.6) is 0 Å². The molecule has 0 aliphatic heterocycles. The van der Waals surface area contributed by atoms with Crippen molar-refractivity contribution >= 4 is 23.6 Å². The number of amides is 1. The van der Waals surface area contributed by atoms with Crippen molar-refractivity contribution in [2.45, 2.75) is 40.0 Å². The van der Waals surface area contributed by atoms with E-state index in [1.165, 1.54) is 16.0 Å². The molecule has 0 saturated carbocycles. The summed E-state index contributed by atoms with van der Waals surface area (Å²) in [6, 6.07) is 7.75. The van der Waals surface area contributed by atoms with Gasteiger partial charge in [-0.2, -0.15) is 0 Å². The van der Waals surface area contributed by atoms with E-state index < -0.39 is 6.09 Å². The summed E-state index contributed by atoms with van der Waals surface area (Å²) < 4.78 is 4.26. The molecular formula is C18H24ClNO2. The summed E-state index contributed by atoms with van der Waals surface area (Å²) in [5.41, 5.74) is 4.56. The summed E-state index contributed by atoms with van der Waals surface area (Å²) in [6.07, 6.45) is 6.75. The van der Waals surface area contributed by atoms with Crippen LogP contribution in [0.3, 0.4) is 0 Å². The molecule has 4 heteroatoms. The number of hydrogen-bond donors (Lipinski definition) is 0. The maximum Gasteiger partial charge on any atom is 0.432 e. The maximum atomic E-state index is 11.6. The number of anilines is 1. The quantitative estimate of drug-likeness (QED) is 0.634. The van der Waals surface area contributed by atoms with Gasteiger partial charge in [0.2, 0.25) is 0 Å². The molecule has 1 aromatic rings. The SMILES string of the molecule is CC(C)=CCC/C(C)=C/Cc1ccccc1N(C)C(=O)OCl. The van der Waals surface area contributed by atoms with Crippen LogP contribution in [0.25, 0.3) is 0 Å². The largest absolute Gasteiger partial charge is 0.432 e. The molecule has 1 rings (SSSR count). The fourth-order valence-electron chi connectivity index (χ4n) is 2.14. The zero-order valence-corrected chi connectivity index (χ0v) is 14.5. The zero-order valence-electron chi connectivity index (χ0n) is 13.7. The first kappa shape index (κ1) is 18.3. The number of carbonyl (C=O) groups is 1. The fraction of sp³-hybridized carbons (Fsp3) is 0.389. The van der Waals surface area contributed by atoms with Crippen molar-refractivity contribution in [1.29, 1.82) is 0 Å². The Balaban J connectivity index is 2.77. The van der Waals surface area contributed by atoms with E-state index >= 15 is 0 Å². The molecular weight excluding hydrogens is 298 g/mol. The molecule has 0 aliphatic carbocycles. The van der Waals surface area contributed by atoms with Crippen LogP contribution in [0.4, 0.5) is 10.5 Å². The van der Waals surface area contributed by atoms with Gasteiger partial charge in [-0.05, 0) is 51.7 Å². The lowest BCUT2D eigenvalue weighted by Crippen LogP contribution is -2.25. The van der Waals surface area contributed by atoms with Gasteiger partial charge in [-0.25, -0.2) is 4.79 Å². The Kier molecular flexibility index (Phi) is 7.75. The molecule has 0 N–H and O–H groups in total. The first-order valence-corrected chi connectivity index (χ1v) is 7.69. The molecule has 3 nitrogen and oxygen atoms in total. The fourth-order valence-corrected chi connectivity index (χ4v) is 2.24. The van der Waals surface area contributed by atoms with Crippen molar-refractivity contribution in [2.24, 2.45) is 0 Å². The molecule has 0 heterocycles. The predicted molar refractivity (Wildman–Crippen MR) is 93.3 cm³/mol. The number of para-hydroxylation sites is 1. The van der Waals surface area contributed by atoms with Gasteiger partial charge < -0.3 is 4.29 Å². The number of allylic oxidation sites excluding steroid dienone is 4. The van der Waals surface area contributed by atoms with Crippen LogP contribution in [0.1, 0.15) is 39.2 Å². The molecule has 0 saturated heterocycles. The molecule has 120 valence electrons. The van der Waals surface area contributed by atoms with Crippen molar-refractivity contribution in [1.82, 2.24) is 0 Å². The Bertz CT molecular complexity index is 560. The van der Waals surface area contributed by atoms with Gasteiger partial charge in [0.25, 0.3) is 0 Å². The molecule has 0 atom stereocenters. The zero-order chi connectivity index (χ0) is 16.5. The number of rotatable bonds is 6. The maximum absolute atomic E-state index is 11.6. The van der Waals surface area contributed by atoms with E-state index in [-0.39, 0.29) is 0 Å². The van der Waals surface area contributed by atoms with Crippen molar-refractivity contribution in [3.8, 4) is 0 Å². The molecule has 0 fully saturated rings. The van der Waals surface area contributed by atoms with Gasteiger partial charge >= 0.3 is 6.09 Å². The second-order valence-corrected chi connectivity index (χ2v) is 5.76. The van der Waals surface area contributed by atoms with Crippen molar-refractivity contribution in [2.75, 3.05) is 11.9 Å². The first-order chi connectivity index (χ1) is 10.5. The van der Waals surface area contributed by atoms with Gasteiger partial charge in [0.05, 0.1) is 5.69 Å². The Hall–Kier alpha value is -1.74. The molecule has 0 bridgehead atoms. The van der Waals surface area contributed by atoms with Crippen LogP contribution >= 0.6 is 11.9 Å². The Labute approximate surface area is 138 Å². The standard InChI is InChI=1S/C18H24ClNO2/c1-14(2)8-7-9-15(3)12-13-16-10-5-6-11-17(16)20(4)18(21)22-19/h5-6,8,10-12H,7,9,13H2,1-4H3/b15-12+. The summed E-state index contributed by atoms with van der Waals surface area (Å²) >= 11 is 5.15. The second-order valence-electron chi connectivity index (χ2n) is 5.61. The lowest BCUT2D eigenvalue weighted by Gasteiger charge is -2.17. The molecule has 22 heavy (non-hydrogen) atoms. The molecule has 0 aromatic heterocycles. The van der Waals surface area contributed by atoms with Crippen LogP contribution in [-0.2, 0) is 10.7 Å². The van der Waals surface area contributed by atoms with Crippen molar-refractivity contribution in [3.63, 3.8) is 0 Å². The highest BCUT2D eigenvalue weighted by Crippen LogP contribution is 2.22. The van der Waals surface area contributed by atoms with Crippen LogP contribution in [0.2, 0.25) is 0 Å². The average molecular weight is 322 g/mol. The summed E-state index contributed by atoms with van der Waals surface area (Å²) in [4.78, 5) is 13.0. The predicted octanol–water partition coefficient (Wildman–Crippen LogP) is 5.65. The Morgan fingerprint density at radius 2 is 1.91 bits per heavy atom. The lowest BCUT2D eigenvalue weighted by atomic mass is 10.0. The monoisotopic (exact) mass is 321 g/mol. The van der Waals surface area contributed by atoms with E-state index in [9.17, 15) is 4.79 Å². The molecule has 0 spiro atoms. The molecule has 1 aromatic carbocycles. The first-order valence-electron chi connectivity index (χ1n) is 7.39. The highest BCUT2D eigenvalue weighted by atomic mass is 35.5. The number of carbonyl (C=O) groups excluding carboxylic acids is 1. The van der Waals surface area contributed by atoms with E-state index in [0.29, 0.717) is 0 Å². The highest BCUT2D eigenvalue weighted by molar-refractivity contribution is 6.14. The lowest BCUT2D eigenvalue weighted by molar-refractivity contribution is 0.213. The average Bonchev–Trinajstić information content (AvgIpc) is 2.51. The Morgan fingerprint density at radius 1 is 1.23 bits per heavy atom. The molecule has 0 aliphatic rings. The van der Waals surface area contributed by atoms with Crippen molar-refractivity contribution in [3.05, 3.63) is 53.1 Å². The van der Waals surface area contributed by atoms with Crippen LogP contribution in [0, 0.1) is 0 Å². The van der Waals surface area contributed by atoms with E-state index in [1.807, 2.05) is 24.3 Å². The molecule has 0 radical (unpaired) electrons. The van der Waals surface area contributed by atoms with Gasteiger partial charge in [0.1, 0.15) is 11.9 Å². The minimum absolute atomic E-state index is 0.585. The third-order valence-corrected chi connectivity index (χ3v) is 3.59. The summed E-state index contributed by atoms with van der Waals surface area (Å²) in [6.45, 7) is 6.36. The van der Waals surface area contributed by atoms with Gasteiger partial charge in [-0.3, -0.25) is 4.90 Å². The van der Waals surface area contributed by atoms with Crippen LogP contribution in [-0.4, -0.2) is 13.1 Å². The highest BCUT2D eigenvalue weighted by Gasteiger charge is 2.14. The normalized spacial score (nSPS) is 11.0. The van der Waals surface area contributed by atoms with E-state index in [4.69, 9.17) is 11.9 Å². The minimum Gasteiger partial charge on any atom is -0.330 e. The molecule has 1 amide bonds. The van der Waals surface area contributed by atoms with Gasteiger partial charge in [0, 0.05) is 7.05 Å². The minimum atomic E-state index is -0.585. The van der Waals surface area contributed by atoms with E-state index in [2.05, 4.69) is 37.2 Å². The topological polar surface area (TPSA) is 29.5 Å². The van der Waals surface area contributed by atoms with Crippen LogP contribution in [0.15, 0.2) is 47.6 Å². The third-order valence-electron chi connectivity index (χ3n) is 3.45. The Morgan fingerprint density at radius 3 is 2.55 bits per heavy atom. The number of hydrogen-bond acceptors (Lipinski definition) is 2. The third kappa shape index (κ3) is 5.94. The van der Waals surface area contributed by atoms with Crippen LogP contribution < -0.4 is 4.90 Å². The summed E-state index contributed by atoms with van der Waals surface area (Å²) in [5.74, 6) is 0. The number of halogens is 1. The smallest absolute Gasteiger partial charge is 0.330 e. The summed E-state index contributed by atoms with van der Waals surface area (Å²) in [5, 5.41) is 0. The van der Waals surface area contributed by atoms with Gasteiger partial charge in [-0.1, -0.05) is 41.5 Å². The van der Waals surface area contributed by atoms with Crippen molar-refractivity contribution < 1.29 is 9.08 Å². The van der Waals surface area contributed by atoms with E-state index in [1.54, 1.807) is 7.05 Å². The van der Waals surface area contributed by atoms with Gasteiger partial charge in [-0.15, -0.1) is 0 Å². The number of nitrogens with zero attached hydrogens (tertiary/aromatic N) is 1. The number of benzene rings is 1. The summed E-state index contributed by atoms with van der Waals surface area (Å²) in [7, 11) is 1.65. The van der Waals surface area contributed by atoms with Gasteiger partial charge in [0.15, 0.2) is 0 Å². The van der Waals surface area contributed by atoms with E-state index in [0.717, 1.165) is 30.5 Å². The molecule has 0 unspecified atom stereocenters. The second kappa shape index (κ2) is 9.31.